The van der Waals surface area contributed by atoms with Gasteiger partial charge in [0.05, 0.1) is 20.9 Å². The second kappa shape index (κ2) is 9.43. The average molecular weight is 472 g/mol. The third kappa shape index (κ3) is 3.91. The van der Waals surface area contributed by atoms with E-state index in [9.17, 15) is 9.59 Å². The van der Waals surface area contributed by atoms with Crippen LogP contribution in [0.1, 0.15) is 35.6 Å². The lowest BCUT2D eigenvalue weighted by atomic mass is 9.83. The van der Waals surface area contributed by atoms with Crippen LogP contribution in [-0.4, -0.2) is 49.2 Å². The number of nitrogens with one attached hydrogen (secondary N) is 1. The van der Waals surface area contributed by atoms with Crippen LogP contribution in [0.2, 0.25) is 0 Å². The van der Waals surface area contributed by atoms with Gasteiger partial charge in [-0.3, -0.25) is 9.69 Å². The molecule has 1 unspecified atom stereocenters. The Morgan fingerprint density at radius 2 is 1.57 bits per heavy atom. The van der Waals surface area contributed by atoms with Crippen molar-refractivity contribution in [3.8, 4) is 11.5 Å². The van der Waals surface area contributed by atoms with Gasteiger partial charge in [-0.2, -0.15) is 0 Å². The Balaban J connectivity index is 1.49. The summed E-state index contributed by atoms with van der Waals surface area (Å²) in [5.74, 6) is 1.24. The molecule has 0 radical (unpaired) electrons. The maximum atomic E-state index is 14.1. The number of nitrogens with zero attached hydrogens (tertiary/aromatic N) is 2. The van der Waals surface area contributed by atoms with Crippen molar-refractivity contribution < 1.29 is 19.1 Å². The highest BCUT2D eigenvalue weighted by molar-refractivity contribution is 6.09. The minimum atomic E-state index is -1.26. The molecule has 7 heteroatoms. The van der Waals surface area contributed by atoms with Gasteiger partial charge in [0.25, 0.3) is 5.91 Å². The van der Waals surface area contributed by atoms with E-state index in [-0.39, 0.29) is 18.6 Å². The zero-order valence-electron chi connectivity index (χ0n) is 19.9. The van der Waals surface area contributed by atoms with E-state index in [2.05, 4.69) is 10.2 Å². The van der Waals surface area contributed by atoms with Gasteiger partial charge in [0.2, 0.25) is 0 Å². The molecule has 3 aromatic carbocycles. The van der Waals surface area contributed by atoms with Gasteiger partial charge in [0.1, 0.15) is 11.5 Å². The van der Waals surface area contributed by atoms with Crippen molar-refractivity contribution in [3.05, 3.63) is 95.6 Å². The summed E-state index contributed by atoms with van der Waals surface area (Å²) in [6, 6.07) is 24.2. The maximum Gasteiger partial charge on any atom is 0.326 e. The first kappa shape index (κ1) is 22.9. The van der Waals surface area contributed by atoms with E-state index >= 15 is 0 Å². The van der Waals surface area contributed by atoms with Crippen LogP contribution in [0.3, 0.4) is 0 Å². The van der Waals surface area contributed by atoms with Gasteiger partial charge in [-0.1, -0.05) is 60.7 Å². The molecule has 5 rings (SSSR count). The number of benzene rings is 3. The van der Waals surface area contributed by atoms with Crippen LogP contribution in [0.5, 0.6) is 11.5 Å². The van der Waals surface area contributed by atoms with Crippen LogP contribution in [0, 0.1) is 0 Å². The van der Waals surface area contributed by atoms with Crippen molar-refractivity contribution in [1.82, 2.24) is 15.1 Å². The fraction of sp³-hybridized carbons (Fsp3) is 0.286. The molecular formula is C28H29N3O4. The maximum absolute atomic E-state index is 14.1. The van der Waals surface area contributed by atoms with E-state index in [4.69, 9.17) is 9.47 Å². The van der Waals surface area contributed by atoms with Gasteiger partial charge in [0, 0.05) is 18.2 Å². The lowest BCUT2D eigenvalue weighted by Crippen LogP contribution is -2.46. The molecule has 0 aliphatic carbocycles. The summed E-state index contributed by atoms with van der Waals surface area (Å²) in [5, 5.41) is 3.04. The molecule has 2 fully saturated rings. The highest BCUT2D eigenvalue weighted by Crippen LogP contribution is 2.41. The fourth-order valence-electron chi connectivity index (χ4n) is 5.27. The summed E-state index contributed by atoms with van der Waals surface area (Å²) in [4.78, 5) is 30.9. The Hall–Kier alpha value is -3.84. The number of imide groups is 1. The van der Waals surface area contributed by atoms with Crippen molar-refractivity contribution in [1.29, 1.82) is 0 Å². The van der Waals surface area contributed by atoms with E-state index in [1.165, 1.54) is 4.90 Å². The molecule has 3 aromatic rings. The summed E-state index contributed by atoms with van der Waals surface area (Å²) >= 11 is 0. The molecule has 2 aliphatic rings. The van der Waals surface area contributed by atoms with Crippen molar-refractivity contribution in [2.75, 3.05) is 27.4 Å². The summed E-state index contributed by atoms with van der Waals surface area (Å²) in [5.41, 5.74) is 1.20. The SMILES string of the molecule is COc1ccc(OC)c(C2CCCN2CN2C(=O)NC(c3ccccc3)(c3ccccc3)C2=O)c1. The molecule has 1 atom stereocenters. The van der Waals surface area contributed by atoms with Crippen LogP contribution in [0.4, 0.5) is 4.79 Å². The first-order valence-corrected chi connectivity index (χ1v) is 11.8. The van der Waals surface area contributed by atoms with Crippen molar-refractivity contribution in [2.45, 2.75) is 24.4 Å². The number of likely N-dealkylation sites (tertiary alicyclic amines) is 1. The van der Waals surface area contributed by atoms with E-state index in [0.29, 0.717) is 0 Å². The van der Waals surface area contributed by atoms with Gasteiger partial charge >= 0.3 is 6.03 Å². The number of hydrogen-bond acceptors (Lipinski definition) is 5. The Morgan fingerprint density at radius 1 is 0.914 bits per heavy atom. The second-order valence-corrected chi connectivity index (χ2v) is 8.87. The van der Waals surface area contributed by atoms with Crippen LogP contribution in [0.25, 0.3) is 0 Å². The van der Waals surface area contributed by atoms with E-state index < -0.39 is 11.6 Å². The molecule has 2 heterocycles. The van der Waals surface area contributed by atoms with E-state index in [0.717, 1.165) is 47.6 Å². The largest absolute Gasteiger partial charge is 0.497 e. The number of hydrogen-bond donors (Lipinski definition) is 1. The predicted octanol–water partition coefficient (Wildman–Crippen LogP) is 4.29. The third-order valence-electron chi connectivity index (χ3n) is 7.00. The molecule has 1 N–H and O–H groups in total. The normalized spacial score (nSPS) is 19.6. The third-order valence-corrected chi connectivity index (χ3v) is 7.00. The van der Waals surface area contributed by atoms with Crippen LogP contribution in [0.15, 0.2) is 78.9 Å². The zero-order chi connectivity index (χ0) is 24.4. The van der Waals surface area contributed by atoms with Gasteiger partial charge in [-0.15, -0.1) is 0 Å². The Labute approximate surface area is 205 Å². The molecule has 0 aromatic heterocycles. The minimum Gasteiger partial charge on any atom is -0.497 e. The number of rotatable bonds is 7. The second-order valence-electron chi connectivity index (χ2n) is 8.87. The molecular weight excluding hydrogens is 442 g/mol. The van der Waals surface area contributed by atoms with Crippen LogP contribution >= 0.6 is 0 Å². The van der Waals surface area contributed by atoms with Gasteiger partial charge in [0.15, 0.2) is 5.54 Å². The number of carbonyl (C=O) groups is 2. The number of carbonyl (C=O) groups excluding carboxylic acids is 2. The van der Waals surface area contributed by atoms with Gasteiger partial charge in [-0.05, 0) is 42.2 Å². The van der Waals surface area contributed by atoms with Crippen LogP contribution < -0.4 is 14.8 Å². The smallest absolute Gasteiger partial charge is 0.326 e. The minimum absolute atomic E-state index is 0.00380. The first-order valence-electron chi connectivity index (χ1n) is 11.8. The van der Waals surface area contributed by atoms with Gasteiger partial charge in [-0.25, -0.2) is 9.69 Å². The zero-order valence-corrected chi connectivity index (χ0v) is 19.9. The molecule has 3 amide bonds. The predicted molar refractivity (Wildman–Crippen MR) is 132 cm³/mol. The highest BCUT2D eigenvalue weighted by atomic mass is 16.5. The molecule has 180 valence electrons. The summed E-state index contributed by atoms with van der Waals surface area (Å²) < 4.78 is 11.1. The lowest BCUT2D eigenvalue weighted by Gasteiger charge is -2.31. The Kier molecular flexibility index (Phi) is 6.17. The number of ether oxygens (including phenoxy) is 2. The Bertz CT molecular complexity index is 1180. The monoisotopic (exact) mass is 471 g/mol. The first-order chi connectivity index (χ1) is 17.1. The molecule has 2 saturated heterocycles. The number of amides is 3. The van der Waals surface area contributed by atoms with Crippen molar-refractivity contribution in [2.24, 2.45) is 0 Å². The number of urea groups is 1. The average Bonchev–Trinajstić information content (AvgIpc) is 3.48. The van der Waals surface area contributed by atoms with E-state index in [1.807, 2.05) is 78.9 Å². The van der Waals surface area contributed by atoms with Crippen LogP contribution in [-0.2, 0) is 10.3 Å². The standard InChI is InChI=1S/C28H29N3O4/c1-34-22-15-16-25(35-2)23(18-22)24-14-9-17-30(24)19-31-26(32)28(29-27(31)33,20-10-5-3-6-11-20)21-12-7-4-8-13-21/h3-8,10-13,15-16,18,24H,9,14,17,19H2,1-2H3,(H,29,33). The highest BCUT2D eigenvalue weighted by Gasteiger charge is 2.54. The summed E-state index contributed by atoms with van der Waals surface area (Å²) in [6.07, 6.45) is 1.85. The topological polar surface area (TPSA) is 71.1 Å². The molecule has 7 nitrogen and oxygen atoms in total. The summed E-state index contributed by atoms with van der Waals surface area (Å²) in [7, 11) is 3.29. The molecule has 2 aliphatic heterocycles. The van der Waals surface area contributed by atoms with Gasteiger partial charge < -0.3 is 14.8 Å². The molecule has 0 saturated carbocycles. The number of methoxy groups -OCH3 is 2. The molecule has 35 heavy (non-hydrogen) atoms. The van der Waals surface area contributed by atoms with E-state index in [1.54, 1.807) is 14.2 Å². The summed E-state index contributed by atoms with van der Waals surface area (Å²) in [6.45, 7) is 0.961. The molecule has 0 bridgehead atoms. The lowest BCUT2D eigenvalue weighted by molar-refractivity contribution is -0.131. The Morgan fingerprint density at radius 3 is 2.17 bits per heavy atom. The fourth-order valence-corrected chi connectivity index (χ4v) is 5.27. The molecule has 0 spiro atoms. The quantitative estimate of drug-likeness (QED) is 0.521. The van der Waals surface area contributed by atoms with Crippen molar-refractivity contribution in [3.63, 3.8) is 0 Å². The van der Waals surface area contributed by atoms with Crippen molar-refractivity contribution >= 4 is 11.9 Å².